The molecule has 0 saturated carbocycles. The number of thioether (sulfide) groups is 1. The molecule has 2 amide bonds. The molecule has 1 aliphatic rings. The molecule has 3 rings (SSSR count). The van der Waals surface area contributed by atoms with Gasteiger partial charge in [0.25, 0.3) is 0 Å². The highest BCUT2D eigenvalue weighted by molar-refractivity contribution is 7.98. The van der Waals surface area contributed by atoms with Crippen molar-refractivity contribution in [3.05, 3.63) is 64.7 Å². The van der Waals surface area contributed by atoms with Crippen molar-refractivity contribution in [1.29, 1.82) is 0 Å². The zero-order valence-electron chi connectivity index (χ0n) is 13.9. The van der Waals surface area contributed by atoms with Crippen LogP contribution < -0.4 is 10.6 Å². The first-order valence-electron chi connectivity index (χ1n) is 8.02. The van der Waals surface area contributed by atoms with Crippen LogP contribution in [0.15, 0.2) is 47.4 Å². The predicted molar refractivity (Wildman–Crippen MR) is 97.2 cm³/mol. The lowest BCUT2D eigenvalue weighted by molar-refractivity contribution is 0.142. The summed E-state index contributed by atoms with van der Waals surface area (Å²) in [5.41, 5.74) is 4.40. The summed E-state index contributed by atoms with van der Waals surface area (Å²) in [4.78, 5) is 13.4. The van der Waals surface area contributed by atoms with Gasteiger partial charge in [0.1, 0.15) is 0 Å². The normalized spacial score (nSPS) is 19.0. The second kappa shape index (κ2) is 7.28. The first kappa shape index (κ1) is 16.9. The minimum absolute atomic E-state index is 0.261. The Morgan fingerprint density at radius 2 is 2.08 bits per heavy atom. The van der Waals surface area contributed by atoms with Gasteiger partial charge in [-0.1, -0.05) is 36.4 Å². The van der Waals surface area contributed by atoms with Crippen LogP contribution in [0.2, 0.25) is 0 Å². The largest absolute Gasteiger partial charge is 0.390 e. The van der Waals surface area contributed by atoms with Crippen LogP contribution in [0.4, 0.5) is 4.79 Å². The number of fused-ring (bicyclic) bond motifs is 1. The summed E-state index contributed by atoms with van der Waals surface area (Å²) < 4.78 is 0. The summed E-state index contributed by atoms with van der Waals surface area (Å²) in [7, 11) is 0. The number of urea groups is 1. The minimum Gasteiger partial charge on any atom is -0.390 e. The van der Waals surface area contributed by atoms with Crippen LogP contribution in [-0.4, -0.2) is 23.5 Å². The maximum absolute atomic E-state index is 12.3. The number of carbonyl (C=O) groups excluding carboxylic acids is 1. The molecule has 4 nitrogen and oxygen atoms in total. The van der Waals surface area contributed by atoms with Gasteiger partial charge in [-0.25, -0.2) is 4.79 Å². The van der Waals surface area contributed by atoms with E-state index in [1.807, 2.05) is 42.7 Å². The molecular formula is C19H22N2O2S. The fraction of sp³-hybridized carbons (Fsp3) is 0.316. The van der Waals surface area contributed by atoms with E-state index < -0.39 is 6.10 Å². The molecule has 0 heterocycles. The number of nitrogens with one attached hydrogen (secondary N) is 2. The van der Waals surface area contributed by atoms with Crippen molar-refractivity contribution >= 4 is 17.8 Å². The van der Waals surface area contributed by atoms with E-state index in [9.17, 15) is 9.90 Å². The van der Waals surface area contributed by atoms with Crippen molar-refractivity contribution in [3.8, 4) is 0 Å². The Morgan fingerprint density at radius 1 is 1.29 bits per heavy atom. The van der Waals surface area contributed by atoms with Crippen molar-refractivity contribution in [1.82, 2.24) is 10.6 Å². The van der Waals surface area contributed by atoms with Crippen molar-refractivity contribution in [2.45, 2.75) is 36.9 Å². The molecule has 2 atom stereocenters. The third kappa shape index (κ3) is 3.57. The number of carbonyl (C=O) groups is 1. The molecule has 126 valence electrons. The number of hydrogen-bond donors (Lipinski definition) is 3. The maximum Gasteiger partial charge on any atom is 0.315 e. The second-order valence-electron chi connectivity index (χ2n) is 6.09. The number of benzene rings is 2. The van der Waals surface area contributed by atoms with Crippen LogP contribution in [0.25, 0.3) is 0 Å². The number of amides is 2. The average molecular weight is 342 g/mol. The molecule has 0 aliphatic heterocycles. The van der Waals surface area contributed by atoms with Gasteiger partial charge in [-0.2, -0.15) is 0 Å². The van der Waals surface area contributed by atoms with Gasteiger partial charge in [0, 0.05) is 17.9 Å². The van der Waals surface area contributed by atoms with Gasteiger partial charge in [-0.15, -0.1) is 11.8 Å². The zero-order chi connectivity index (χ0) is 17.1. The van der Waals surface area contributed by atoms with E-state index >= 15 is 0 Å². The number of aliphatic hydroxyl groups excluding tert-OH is 1. The SMILES string of the molecule is CSc1cc(C)ccc1CNC(=O)NC1c2ccccc2CC1O. The van der Waals surface area contributed by atoms with Crippen LogP contribution in [0, 0.1) is 6.92 Å². The number of aliphatic hydroxyl groups is 1. The molecule has 2 unspecified atom stereocenters. The lowest BCUT2D eigenvalue weighted by atomic mass is 10.1. The summed E-state index contributed by atoms with van der Waals surface area (Å²) in [6.45, 7) is 2.52. The van der Waals surface area contributed by atoms with Gasteiger partial charge >= 0.3 is 6.03 Å². The molecule has 2 aromatic rings. The Morgan fingerprint density at radius 3 is 2.88 bits per heavy atom. The molecule has 0 bridgehead atoms. The maximum atomic E-state index is 12.3. The van der Waals surface area contributed by atoms with E-state index in [1.165, 1.54) is 10.5 Å². The van der Waals surface area contributed by atoms with Gasteiger partial charge in [0.2, 0.25) is 0 Å². The second-order valence-corrected chi connectivity index (χ2v) is 6.94. The van der Waals surface area contributed by atoms with E-state index in [4.69, 9.17) is 0 Å². The third-order valence-corrected chi connectivity index (χ3v) is 5.19. The standard InChI is InChI=1S/C19H22N2O2S/c1-12-7-8-14(17(9-12)24-2)11-20-19(23)21-18-15-6-4-3-5-13(15)10-16(18)22/h3-9,16,18,22H,10-11H2,1-2H3,(H2,20,21,23). The highest BCUT2D eigenvalue weighted by Crippen LogP contribution is 2.31. The summed E-state index contributed by atoms with van der Waals surface area (Å²) >= 11 is 1.67. The van der Waals surface area contributed by atoms with Crippen molar-refractivity contribution in [2.75, 3.05) is 6.26 Å². The summed E-state index contributed by atoms with van der Waals surface area (Å²) in [5.74, 6) is 0. The van der Waals surface area contributed by atoms with Crippen LogP contribution in [0.3, 0.4) is 0 Å². The highest BCUT2D eigenvalue weighted by atomic mass is 32.2. The molecule has 5 heteroatoms. The fourth-order valence-corrected chi connectivity index (χ4v) is 3.82. The molecular weight excluding hydrogens is 320 g/mol. The summed E-state index contributed by atoms with van der Waals surface area (Å²) in [6.07, 6.45) is 2.04. The quantitative estimate of drug-likeness (QED) is 0.748. The van der Waals surface area contributed by atoms with E-state index in [1.54, 1.807) is 11.8 Å². The van der Waals surface area contributed by atoms with Gasteiger partial charge < -0.3 is 15.7 Å². The lowest BCUT2D eigenvalue weighted by Crippen LogP contribution is -2.40. The number of rotatable bonds is 4. The Kier molecular flexibility index (Phi) is 5.11. The van der Waals surface area contributed by atoms with Crippen molar-refractivity contribution in [3.63, 3.8) is 0 Å². The first-order valence-corrected chi connectivity index (χ1v) is 9.24. The summed E-state index contributed by atoms with van der Waals surface area (Å²) in [5, 5.41) is 16.0. The molecule has 1 aliphatic carbocycles. The minimum atomic E-state index is -0.575. The smallest absolute Gasteiger partial charge is 0.315 e. The summed E-state index contributed by atoms with van der Waals surface area (Å²) in [6, 6.07) is 13.4. The van der Waals surface area contributed by atoms with Gasteiger partial charge in [-0.3, -0.25) is 0 Å². The Bertz CT molecular complexity index is 748. The van der Waals surface area contributed by atoms with Gasteiger partial charge in [0.15, 0.2) is 0 Å². The van der Waals surface area contributed by atoms with Crippen LogP contribution in [0.1, 0.15) is 28.3 Å². The highest BCUT2D eigenvalue weighted by Gasteiger charge is 2.31. The Hall–Kier alpha value is -1.98. The van der Waals surface area contributed by atoms with E-state index in [0.29, 0.717) is 13.0 Å². The molecule has 3 N–H and O–H groups in total. The Labute approximate surface area is 146 Å². The van der Waals surface area contributed by atoms with Gasteiger partial charge in [-0.05, 0) is 41.5 Å². The number of hydrogen-bond acceptors (Lipinski definition) is 3. The molecule has 0 radical (unpaired) electrons. The first-order chi connectivity index (χ1) is 11.6. The third-order valence-electron chi connectivity index (χ3n) is 4.37. The molecule has 24 heavy (non-hydrogen) atoms. The average Bonchev–Trinajstić information content (AvgIpc) is 2.89. The molecule has 0 saturated heterocycles. The van der Waals surface area contributed by atoms with Crippen LogP contribution in [-0.2, 0) is 13.0 Å². The topological polar surface area (TPSA) is 61.4 Å². The monoisotopic (exact) mass is 342 g/mol. The zero-order valence-corrected chi connectivity index (χ0v) is 14.7. The van der Waals surface area contributed by atoms with E-state index in [2.05, 4.69) is 23.6 Å². The molecule has 0 fully saturated rings. The number of aryl methyl sites for hydroxylation is 1. The molecule has 0 spiro atoms. The van der Waals surface area contributed by atoms with E-state index in [0.717, 1.165) is 16.7 Å². The van der Waals surface area contributed by atoms with Crippen molar-refractivity contribution in [2.24, 2.45) is 0 Å². The van der Waals surface area contributed by atoms with E-state index in [-0.39, 0.29) is 12.1 Å². The lowest BCUT2D eigenvalue weighted by Gasteiger charge is -2.19. The van der Waals surface area contributed by atoms with Crippen LogP contribution in [0.5, 0.6) is 0 Å². The van der Waals surface area contributed by atoms with Crippen LogP contribution >= 0.6 is 11.8 Å². The Balaban J connectivity index is 1.63. The van der Waals surface area contributed by atoms with Crippen molar-refractivity contribution < 1.29 is 9.90 Å². The molecule has 0 aromatic heterocycles. The predicted octanol–water partition coefficient (Wildman–Crippen LogP) is 3.17. The molecule has 2 aromatic carbocycles. The fourth-order valence-electron chi connectivity index (χ4n) is 3.11. The van der Waals surface area contributed by atoms with Gasteiger partial charge in [0.05, 0.1) is 12.1 Å².